The predicted octanol–water partition coefficient (Wildman–Crippen LogP) is 1.16. The van der Waals surface area contributed by atoms with Crippen LogP contribution in [-0.2, 0) is 17.8 Å². The van der Waals surface area contributed by atoms with E-state index in [0.29, 0.717) is 0 Å². The first kappa shape index (κ1) is 15.0. The van der Waals surface area contributed by atoms with Crippen molar-refractivity contribution in [2.45, 2.75) is 65.1 Å². The van der Waals surface area contributed by atoms with Gasteiger partial charge < -0.3 is 15.6 Å². The fraction of sp³-hybridized carbons (Fsp3) is 0.786. The van der Waals surface area contributed by atoms with E-state index >= 15 is 0 Å². The second-order valence-electron chi connectivity index (χ2n) is 5.81. The Morgan fingerprint density at radius 2 is 2.00 bits per heavy atom. The molecule has 3 N–H and O–H groups in total. The monoisotopic (exact) mass is 279 g/mol. The van der Waals surface area contributed by atoms with Crippen molar-refractivity contribution in [1.82, 2.24) is 20.1 Å². The van der Waals surface area contributed by atoms with Gasteiger partial charge in [0.15, 0.2) is 5.82 Å². The molecular formula is C14H25N5O. The zero-order valence-electron chi connectivity index (χ0n) is 12.6. The molecule has 2 rings (SSSR count). The number of nitrogens with one attached hydrogen (secondary N) is 1. The van der Waals surface area contributed by atoms with Crippen LogP contribution in [-0.4, -0.2) is 26.7 Å². The number of aryl methyl sites for hydroxylation is 1. The molecule has 20 heavy (non-hydrogen) atoms. The molecule has 1 amide bonds. The number of carbonyl (C=O) groups is 1. The Bertz CT molecular complexity index is 468. The van der Waals surface area contributed by atoms with Crippen LogP contribution in [0, 0.1) is 5.92 Å². The van der Waals surface area contributed by atoms with E-state index in [-0.39, 0.29) is 23.9 Å². The summed E-state index contributed by atoms with van der Waals surface area (Å²) < 4.78 is 2.16. The molecule has 2 heterocycles. The molecule has 0 aromatic carbocycles. The van der Waals surface area contributed by atoms with E-state index in [1.54, 1.807) is 0 Å². The Kier molecular flexibility index (Phi) is 4.75. The number of fused-ring (bicyclic) bond motifs is 1. The van der Waals surface area contributed by atoms with Crippen LogP contribution in [0.5, 0.6) is 0 Å². The lowest BCUT2D eigenvalue weighted by molar-refractivity contribution is -0.125. The Balaban J connectivity index is 2.08. The third kappa shape index (κ3) is 3.17. The lowest BCUT2D eigenvalue weighted by Gasteiger charge is -2.20. The van der Waals surface area contributed by atoms with Gasteiger partial charge in [0.25, 0.3) is 0 Å². The highest BCUT2D eigenvalue weighted by Crippen LogP contribution is 2.19. The molecule has 0 aliphatic carbocycles. The van der Waals surface area contributed by atoms with Gasteiger partial charge in [-0.1, -0.05) is 13.3 Å². The number of nitrogens with two attached hydrogens (primary N) is 1. The van der Waals surface area contributed by atoms with E-state index in [9.17, 15) is 4.79 Å². The standard InChI is InChI=1S/C14H25N5O/c1-9(10(2)15)14(20)16-11(3)13-18-17-12-7-5-4-6-8-19(12)13/h9-11H,4-8,15H2,1-3H3,(H,16,20). The van der Waals surface area contributed by atoms with E-state index in [0.717, 1.165) is 31.0 Å². The zero-order chi connectivity index (χ0) is 14.7. The van der Waals surface area contributed by atoms with Crippen molar-refractivity contribution in [3.8, 4) is 0 Å². The third-order valence-electron chi connectivity index (χ3n) is 4.09. The summed E-state index contributed by atoms with van der Waals surface area (Å²) in [6, 6.07) is -0.291. The maximum absolute atomic E-state index is 12.1. The van der Waals surface area contributed by atoms with Crippen molar-refractivity contribution in [2.24, 2.45) is 11.7 Å². The number of aromatic nitrogens is 3. The van der Waals surface area contributed by atoms with Gasteiger partial charge in [-0.3, -0.25) is 4.79 Å². The predicted molar refractivity (Wildman–Crippen MR) is 76.9 cm³/mol. The molecule has 0 saturated carbocycles. The maximum atomic E-state index is 12.1. The maximum Gasteiger partial charge on any atom is 0.224 e. The number of amides is 1. The van der Waals surface area contributed by atoms with Crippen molar-refractivity contribution in [2.75, 3.05) is 0 Å². The summed E-state index contributed by atoms with van der Waals surface area (Å²) in [6.45, 7) is 6.59. The van der Waals surface area contributed by atoms with E-state index in [2.05, 4.69) is 20.1 Å². The molecule has 112 valence electrons. The van der Waals surface area contributed by atoms with Gasteiger partial charge in [-0.2, -0.15) is 0 Å². The molecule has 0 fully saturated rings. The van der Waals surface area contributed by atoms with E-state index < -0.39 is 0 Å². The highest BCUT2D eigenvalue weighted by Gasteiger charge is 2.23. The second-order valence-corrected chi connectivity index (χ2v) is 5.81. The number of carbonyl (C=O) groups excluding carboxylic acids is 1. The van der Waals surface area contributed by atoms with Crippen LogP contribution in [0.15, 0.2) is 0 Å². The van der Waals surface area contributed by atoms with Gasteiger partial charge in [0.1, 0.15) is 5.82 Å². The molecule has 3 unspecified atom stereocenters. The Labute approximate surface area is 120 Å². The molecular weight excluding hydrogens is 254 g/mol. The zero-order valence-corrected chi connectivity index (χ0v) is 12.6. The van der Waals surface area contributed by atoms with Crippen molar-refractivity contribution in [3.63, 3.8) is 0 Å². The van der Waals surface area contributed by atoms with E-state index in [1.807, 2.05) is 20.8 Å². The van der Waals surface area contributed by atoms with E-state index in [1.165, 1.54) is 12.8 Å². The average molecular weight is 279 g/mol. The summed E-state index contributed by atoms with van der Waals surface area (Å²) in [7, 11) is 0. The first-order valence-corrected chi connectivity index (χ1v) is 7.48. The van der Waals surface area contributed by atoms with Gasteiger partial charge in [0.2, 0.25) is 5.91 Å². The summed E-state index contributed by atoms with van der Waals surface area (Å²) in [5.41, 5.74) is 5.77. The van der Waals surface area contributed by atoms with Gasteiger partial charge in [-0.15, -0.1) is 10.2 Å². The van der Waals surface area contributed by atoms with Crippen LogP contribution >= 0.6 is 0 Å². The Hall–Kier alpha value is -1.43. The number of rotatable bonds is 4. The van der Waals surface area contributed by atoms with Crippen LogP contribution in [0.2, 0.25) is 0 Å². The number of nitrogens with zero attached hydrogens (tertiary/aromatic N) is 3. The van der Waals surface area contributed by atoms with Crippen LogP contribution in [0.4, 0.5) is 0 Å². The molecule has 1 aromatic rings. The fourth-order valence-corrected chi connectivity index (χ4v) is 2.48. The van der Waals surface area contributed by atoms with E-state index in [4.69, 9.17) is 5.73 Å². The Morgan fingerprint density at radius 1 is 1.25 bits per heavy atom. The molecule has 0 saturated heterocycles. The van der Waals surface area contributed by atoms with Crippen molar-refractivity contribution < 1.29 is 4.79 Å². The number of hydrogen-bond acceptors (Lipinski definition) is 4. The minimum Gasteiger partial charge on any atom is -0.346 e. The molecule has 3 atom stereocenters. The molecule has 1 aliphatic rings. The normalized spacial score (nSPS) is 19.6. The highest BCUT2D eigenvalue weighted by atomic mass is 16.2. The molecule has 0 bridgehead atoms. The highest BCUT2D eigenvalue weighted by molar-refractivity contribution is 5.79. The van der Waals surface area contributed by atoms with Gasteiger partial charge in [-0.05, 0) is 26.7 Å². The molecule has 6 nitrogen and oxygen atoms in total. The smallest absolute Gasteiger partial charge is 0.224 e. The fourth-order valence-electron chi connectivity index (χ4n) is 2.48. The summed E-state index contributed by atoms with van der Waals surface area (Å²) in [6.07, 6.45) is 4.52. The minimum absolute atomic E-state index is 0.0292. The minimum atomic E-state index is -0.205. The molecule has 0 radical (unpaired) electrons. The Morgan fingerprint density at radius 3 is 2.70 bits per heavy atom. The van der Waals surface area contributed by atoms with Gasteiger partial charge >= 0.3 is 0 Å². The summed E-state index contributed by atoms with van der Waals surface area (Å²) in [5, 5.41) is 11.5. The molecule has 1 aromatic heterocycles. The lowest BCUT2D eigenvalue weighted by atomic mass is 10.0. The van der Waals surface area contributed by atoms with Gasteiger partial charge in [0.05, 0.1) is 6.04 Å². The molecule has 1 aliphatic heterocycles. The topological polar surface area (TPSA) is 85.8 Å². The van der Waals surface area contributed by atoms with Crippen LogP contribution in [0.25, 0.3) is 0 Å². The van der Waals surface area contributed by atoms with Gasteiger partial charge in [0, 0.05) is 24.9 Å². The molecule has 6 heteroatoms. The molecule has 0 spiro atoms. The third-order valence-corrected chi connectivity index (χ3v) is 4.09. The summed E-state index contributed by atoms with van der Waals surface area (Å²) >= 11 is 0. The van der Waals surface area contributed by atoms with Crippen LogP contribution < -0.4 is 11.1 Å². The summed E-state index contributed by atoms with van der Waals surface area (Å²) in [4.78, 5) is 12.1. The van der Waals surface area contributed by atoms with Crippen LogP contribution in [0.1, 0.15) is 57.7 Å². The SMILES string of the molecule is CC(NC(=O)C(C)C(C)N)c1nnc2n1CCCCC2. The van der Waals surface area contributed by atoms with Crippen molar-refractivity contribution >= 4 is 5.91 Å². The largest absolute Gasteiger partial charge is 0.346 e. The summed E-state index contributed by atoms with van der Waals surface area (Å²) in [5.74, 6) is 1.66. The average Bonchev–Trinajstić information content (AvgIpc) is 2.67. The first-order chi connectivity index (χ1) is 9.50. The van der Waals surface area contributed by atoms with Gasteiger partial charge in [-0.25, -0.2) is 0 Å². The lowest BCUT2D eigenvalue weighted by Crippen LogP contribution is -2.40. The van der Waals surface area contributed by atoms with Crippen LogP contribution in [0.3, 0.4) is 0 Å². The van der Waals surface area contributed by atoms with Crippen molar-refractivity contribution in [1.29, 1.82) is 0 Å². The van der Waals surface area contributed by atoms with Crippen molar-refractivity contribution in [3.05, 3.63) is 11.6 Å². The first-order valence-electron chi connectivity index (χ1n) is 7.48. The number of hydrogen-bond donors (Lipinski definition) is 2. The second kappa shape index (κ2) is 6.35. The quantitative estimate of drug-likeness (QED) is 0.866.